The van der Waals surface area contributed by atoms with E-state index in [4.69, 9.17) is 17.0 Å². The van der Waals surface area contributed by atoms with Gasteiger partial charge in [-0.25, -0.2) is 4.79 Å². The molecule has 1 amide bonds. The van der Waals surface area contributed by atoms with Crippen molar-refractivity contribution in [1.29, 1.82) is 0 Å². The maximum absolute atomic E-state index is 12.8. The third-order valence-electron chi connectivity index (χ3n) is 4.37. The van der Waals surface area contributed by atoms with Crippen molar-refractivity contribution in [3.8, 4) is 5.75 Å². The van der Waals surface area contributed by atoms with Crippen LogP contribution < -0.4 is 15.6 Å². The molecule has 0 fully saturated rings. The van der Waals surface area contributed by atoms with E-state index in [1.807, 2.05) is 18.2 Å². The number of rotatable bonds is 6. The lowest BCUT2D eigenvalue weighted by atomic mass is 10.1. The van der Waals surface area contributed by atoms with Crippen LogP contribution in [0.5, 0.6) is 5.75 Å². The third-order valence-corrected chi connectivity index (χ3v) is 4.70. The lowest BCUT2D eigenvalue weighted by Gasteiger charge is -2.11. The van der Waals surface area contributed by atoms with Crippen molar-refractivity contribution < 1.29 is 19.1 Å². The summed E-state index contributed by atoms with van der Waals surface area (Å²) in [7, 11) is 2.83. The number of methoxy groups -OCH3 is 2. The Bertz CT molecular complexity index is 1200. The number of amides is 1. The van der Waals surface area contributed by atoms with Gasteiger partial charge in [0.2, 0.25) is 5.91 Å². The van der Waals surface area contributed by atoms with E-state index in [-0.39, 0.29) is 29.3 Å². The van der Waals surface area contributed by atoms with Crippen LogP contribution in [0.4, 0.5) is 0 Å². The molecule has 29 heavy (non-hydrogen) atoms. The molecule has 0 aliphatic carbocycles. The Morgan fingerprint density at radius 1 is 1.17 bits per heavy atom. The van der Waals surface area contributed by atoms with Gasteiger partial charge < -0.3 is 19.8 Å². The molecule has 3 rings (SSSR count). The average molecular weight is 413 g/mol. The molecule has 150 valence electrons. The maximum atomic E-state index is 12.8. The predicted octanol–water partition coefficient (Wildman–Crippen LogP) is 2.17. The van der Waals surface area contributed by atoms with E-state index in [0.29, 0.717) is 16.7 Å². The number of fused-ring (bicyclic) bond motifs is 1. The molecule has 1 aromatic heterocycles. The van der Waals surface area contributed by atoms with Crippen LogP contribution >= 0.6 is 12.2 Å². The van der Waals surface area contributed by atoms with Gasteiger partial charge in [-0.3, -0.25) is 14.2 Å². The Hall–Kier alpha value is -3.46. The highest BCUT2D eigenvalue weighted by Gasteiger charge is 2.13. The van der Waals surface area contributed by atoms with Crippen LogP contribution in [-0.2, 0) is 22.6 Å². The van der Waals surface area contributed by atoms with Gasteiger partial charge in [-0.1, -0.05) is 18.2 Å². The van der Waals surface area contributed by atoms with Gasteiger partial charge >= 0.3 is 5.97 Å². The Morgan fingerprint density at radius 3 is 2.66 bits per heavy atom. The zero-order valence-corrected chi connectivity index (χ0v) is 16.7. The summed E-state index contributed by atoms with van der Waals surface area (Å²) < 4.78 is 11.2. The summed E-state index contributed by atoms with van der Waals surface area (Å²) in [6, 6.07) is 11.8. The molecular weight excluding hydrogens is 394 g/mol. The van der Waals surface area contributed by atoms with Gasteiger partial charge in [0.05, 0.1) is 30.7 Å². The predicted molar refractivity (Wildman–Crippen MR) is 110 cm³/mol. The van der Waals surface area contributed by atoms with Gasteiger partial charge in [0.1, 0.15) is 12.3 Å². The molecule has 2 N–H and O–H groups in total. The smallest absolute Gasteiger partial charge is 0.337 e. The number of nitrogens with zero attached hydrogens (tertiary/aromatic N) is 1. The highest BCUT2D eigenvalue weighted by atomic mass is 32.1. The molecule has 0 bridgehead atoms. The average Bonchev–Trinajstić information content (AvgIpc) is 2.74. The first-order valence-electron chi connectivity index (χ1n) is 8.68. The first-order chi connectivity index (χ1) is 13.9. The molecule has 0 unspecified atom stereocenters. The van der Waals surface area contributed by atoms with Gasteiger partial charge in [-0.2, -0.15) is 0 Å². The number of carbonyl (C=O) groups is 2. The van der Waals surface area contributed by atoms with Crippen LogP contribution in [0.3, 0.4) is 0 Å². The molecule has 8 nitrogen and oxygen atoms in total. The van der Waals surface area contributed by atoms with Crippen molar-refractivity contribution >= 4 is 35.0 Å². The lowest BCUT2D eigenvalue weighted by Crippen LogP contribution is -2.33. The molecule has 0 saturated carbocycles. The van der Waals surface area contributed by atoms with Crippen LogP contribution in [0.2, 0.25) is 0 Å². The second kappa shape index (κ2) is 8.70. The summed E-state index contributed by atoms with van der Waals surface area (Å²) in [5.74, 6) is -0.233. The maximum Gasteiger partial charge on any atom is 0.337 e. The number of para-hydroxylation sites is 1. The molecule has 0 atom stereocenters. The van der Waals surface area contributed by atoms with E-state index < -0.39 is 11.5 Å². The van der Waals surface area contributed by atoms with Gasteiger partial charge in [-0.15, -0.1) is 0 Å². The largest absolute Gasteiger partial charge is 0.496 e. The summed E-state index contributed by atoms with van der Waals surface area (Å²) in [4.78, 5) is 39.7. The number of nitrogens with one attached hydrogen (secondary N) is 2. The number of ether oxygens (including phenoxy) is 2. The van der Waals surface area contributed by atoms with Crippen LogP contribution in [0.15, 0.2) is 47.3 Å². The van der Waals surface area contributed by atoms with Crippen molar-refractivity contribution in [1.82, 2.24) is 14.9 Å². The number of H-pyrrole nitrogens is 1. The van der Waals surface area contributed by atoms with Gasteiger partial charge in [0, 0.05) is 12.1 Å². The monoisotopic (exact) mass is 413 g/mol. The summed E-state index contributed by atoms with van der Waals surface area (Å²) in [6.45, 7) is 0.0160. The number of benzene rings is 2. The fourth-order valence-corrected chi connectivity index (χ4v) is 3.14. The van der Waals surface area contributed by atoms with Crippen molar-refractivity contribution in [2.75, 3.05) is 14.2 Å². The quantitative estimate of drug-likeness (QED) is 0.474. The van der Waals surface area contributed by atoms with Crippen LogP contribution in [0, 0.1) is 4.77 Å². The molecule has 0 spiro atoms. The van der Waals surface area contributed by atoms with Gasteiger partial charge in [-0.05, 0) is 36.5 Å². The SMILES string of the molecule is COC(=O)c1ccc2c(=O)n(CC(=O)NCc3ccccc3OC)c(=S)[nH]c2c1. The Kier molecular flexibility index (Phi) is 6.08. The van der Waals surface area contributed by atoms with Crippen LogP contribution in [0.25, 0.3) is 10.9 Å². The molecule has 3 aromatic rings. The van der Waals surface area contributed by atoms with Gasteiger partial charge in [0.25, 0.3) is 5.56 Å². The second-order valence-corrected chi connectivity index (χ2v) is 6.55. The molecule has 9 heteroatoms. The van der Waals surface area contributed by atoms with E-state index in [0.717, 1.165) is 5.56 Å². The first kappa shape index (κ1) is 20.3. The zero-order valence-electron chi connectivity index (χ0n) is 15.9. The second-order valence-electron chi connectivity index (χ2n) is 6.16. The van der Waals surface area contributed by atoms with Crippen molar-refractivity contribution in [2.45, 2.75) is 13.1 Å². The van der Waals surface area contributed by atoms with Gasteiger partial charge in [0.15, 0.2) is 4.77 Å². The number of hydrogen-bond donors (Lipinski definition) is 2. The molecular formula is C20H19N3O5S. The van der Waals surface area contributed by atoms with E-state index in [1.165, 1.54) is 29.9 Å². The number of aromatic nitrogens is 2. The topological polar surface area (TPSA) is 102 Å². The summed E-state index contributed by atoms with van der Waals surface area (Å²) in [5, 5.41) is 3.07. The Balaban J connectivity index is 1.82. The molecule has 0 radical (unpaired) electrons. The molecule has 0 aliphatic rings. The molecule has 0 saturated heterocycles. The first-order valence-corrected chi connectivity index (χ1v) is 9.09. The standard InChI is InChI=1S/C20H19N3O5S/c1-27-16-6-4-3-5-13(16)10-21-17(24)11-23-18(25)14-8-7-12(19(26)28-2)9-15(14)22-20(23)29/h3-9H,10-11H2,1-2H3,(H,21,24)(H,22,29). The Morgan fingerprint density at radius 2 is 1.93 bits per heavy atom. The van der Waals surface area contributed by atoms with E-state index >= 15 is 0 Å². The van der Waals surface area contributed by atoms with Crippen molar-refractivity contribution in [3.05, 3.63) is 68.7 Å². The minimum Gasteiger partial charge on any atom is -0.496 e. The normalized spacial score (nSPS) is 10.6. The van der Waals surface area contributed by atoms with Crippen LogP contribution in [-0.4, -0.2) is 35.6 Å². The van der Waals surface area contributed by atoms with Crippen LogP contribution in [0.1, 0.15) is 15.9 Å². The van der Waals surface area contributed by atoms with Crippen molar-refractivity contribution in [2.24, 2.45) is 0 Å². The minimum atomic E-state index is -0.522. The van der Waals surface area contributed by atoms with E-state index in [2.05, 4.69) is 15.0 Å². The van der Waals surface area contributed by atoms with E-state index in [9.17, 15) is 14.4 Å². The molecule has 2 aromatic carbocycles. The van der Waals surface area contributed by atoms with Crippen molar-refractivity contribution in [3.63, 3.8) is 0 Å². The Labute approximate surface area is 171 Å². The minimum absolute atomic E-state index is 0.0805. The summed E-state index contributed by atoms with van der Waals surface area (Å²) in [5.41, 5.74) is 1.08. The fourth-order valence-electron chi connectivity index (χ4n) is 2.89. The number of carbonyl (C=O) groups excluding carboxylic acids is 2. The highest BCUT2D eigenvalue weighted by Crippen LogP contribution is 2.16. The number of aromatic amines is 1. The number of esters is 1. The third kappa shape index (κ3) is 4.35. The molecule has 0 aliphatic heterocycles. The summed E-state index contributed by atoms with van der Waals surface area (Å²) >= 11 is 5.23. The fraction of sp³-hybridized carbons (Fsp3) is 0.200. The van der Waals surface area contributed by atoms with E-state index in [1.54, 1.807) is 13.2 Å². The highest BCUT2D eigenvalue weighted by molar-refractivity contribution is 7.71. The molecule has 1 heterocycles. The lowest BCUT2D eigenvalue weighted by molar-refractivity contribution is -0.121. The zero-order chi connectivity index (χ0) is 21.0. The number of hydrogen-bond acceptors (Lipinski definition) is 6. The summed E-state index contributed by atoms with van der Waals surface area (Å²) in [6.07, 6.45) is 0.